The van der Waals surface area contributed by atoms with Gasteiger partial charge in [-0.25, -0.2) is 4.79 Å². The molecular weight excluding hydrogens is 340 g/mol. The number of carbonyl (C=O) groups is 1. The fraction of sp³-hybridized carbons (Fsp3) is 0.810. The van der Waals surface area contributed by atoms with E-state index in [1.165, 1.54) is 43.5 Å². The number of ether oxygens (including phenoxy) is 1. The van der Waals surface area contributed by atoms with Crippen LogP contribution in [0.25, 0.3) is 0 Å². The summed E-state index contributed by atoms with van der Waals surface area (Å²) in [5, 5.41) is 7.68. The van der Waals surface area contributed by atoms with E-state index in [-0.39, 0.29) is 12.1 Å². The van der Waals surface area contributed by atoms with Crippen LogP contribution in [0.5, 0.6) is 0 Å². The maximum absolute atomic E-state index is 11.8. The van der Waals surface area contributed by atoms with Crippen molar-refractivity contribution in [3.05, 3.63) is 17.5 Å². The third kappa shape index (κ3) is 4.00. The molecule has 1 amide bonds. The predicted octanol–water partition coefficient (Wildman–Crippen LogP) is 3.39. The lowest BCUT2D eigenvalue weighted by molar-refractivity contribution is -0.00442. The zero-order chi connectivity index (χ0) is 19.0. The first-order valence-electron chi connectivity index (χ1n) is 10.7. The Morgan fingerprint density at radius 3 is 2.78 bits per heavy atom. The lowest BCUT2D eigenvalue weighted by Gasteiger charge is -2.49. The molecule has 0 radical (unpaired) electrons. The van der Waals surface area contributed by atoms with E-state index in [4.69, 9.17) is 9.84 Å². The number of fused-ring (bicyclic) bond motifs is 3. The summed E-state index contributed by atoms with van der Waals surface area (Å²) in [7, 11) is 2.11. The number of amides is 1. The summed E-state index contributed by atoms with van der Waals surface area (Å²) >= 11 is 0. The molecule has 2 bridgehead atoms. The first-order chi connectivity index (χ1) is 13.0. The topological polar surface area (TPSA) is 59.4 Å². The predicted molar refractivity (Wildman–Crippen MR) is 105 cm³/mol. The van der Waals surface area contributed by atoms with Gasteiger partial charge in [0, 0.05) is 43.2 Å². The second-order valence-corrected chi connectivity index (χ2v) is 9.04. The van der Waals surface area contributed by atoms with E-state index in [1.807, 2.05) is 13.8 Å². The highest BCUT2D eigenvalue weighted by Gasteiger charge is 2.42. The van der Waals surface area contributed by atoms with E-state index >= 15 is 0 Å². The van der Waals surface area contributed by atoms with Crippen molar-refractivity contribution in [3.8, 4) is 0 Å². The second-order valence-electron chi connectivity index (χ2n) is 9.04. The van der Waals surface area contributed by atoms with Crippen LogP contribution < -0.4 is 5.32 Å². The number of aryl methyl sites for hydroxylation is 1. The highest BCUT2D eigenvalue weighted by Crippen LogP contribution is 2.43. The van der Waals surface area contributed by atoms with Crippen molar-refractivity contribution in [2.75, 3.05) is 19.7 Å². The van der Waals surface area contributed by atoms with Gasteiger partial charge in [0.25, 0.3) is 0 Å². The zero-order valence-corrected chi connectivity index (χ0v) is 17.0. The van der Waals surface area contributed by atoms with Crippen molar-refractivity contribution >= 4 is 6.09 Å². The van der Waals surface area contributed by atoms with E-state index in [0.717, 1.165) is 19.5 Å². The van der Waals surface area contributed by atoms with Gasteiger partial charge >= 0.3 is 6.09 Å². The van der Waals surface area contributed by atoms with Crippen LogP contribution >= 0.6 is 0 Å². The zero-order valence-electron chi connectivity index (χ0n) is 17.0. The Bertz CT molecular complexity index is 665. The highest BCUT2D eigenvalue weighted by molar-refractivity contribution is 5.67. The summed E-state index contributed by atoms with van der Waals surface area (Å²) in [5.41, 5.74) is 2.72. The number of aromatic nitrogens is 2. The molecule has 1 saturated carbocycles. The Morgan fingerprint density at radius 1 is 1.33 bits per heavy atom. The van der Waals surface area contributed by atoms with Gasteiger partial charge in [-0.2, -0.15) is 5.10 Å². The minimum Gasteiger partial charge on any atom is -0.448 e. The average Bonchev–Trinajstić information content (AvgIpc) is 3.29. The third-order valence-corrected chi connectivity index (χ3v) is 6.78. The van der Waals surface area contributed by atoms with Gasteiger partial charge in [0.2, 0.25) is 0 Å². The standard InChI is InChI=1S/C21H34N4O2/c1-14(2)22-21(26)27-13-17-10-16-8-9-25(17)12-18(16)20-11-19(23-24(20)3)15-6-4-5-7-15/h11,14-18H,4-10,12-13H2,1-3H3,(H,22,26). The molecule has 27 heavy (non-hydrogen) atoms. The van der Waals surface area contributed by atoms with Crippen molar-refractivity contribution in [1.29, 1.82) is 0 Å². The molecule has 0 spiro atoms. The molecule has 1 aliphatic carbocycles. The van der Waals surface area contributed by atoms with Crippen molar-refractivity contribution < 1.29 is 9.53 Å². The number of rotatable bonds is 5. The normalized spacial score (nSPS) is 30.8. The molecule has 4 heterocycles. The van der Waals surface area contributed by atoms with Gasteiger partial charge in [-0.1, -0.05) is 12.8 Å². The van der Waals surface area contributed by atoms with Gasteiger partial charge in [-0.05, 0) is 58.1 Å². The smallest absolute Gasteiger partial charge is 0.407 e. The molecule has 4 fully saturated rings. The Labute approximate surface area is 162 Å². The Kier molecular flexibility index (Phi) is 5.44. The van der Waals surface area contributed by atoms with Crippen LogP contribution in [0.15, 0.2) is 6.07 Å². The van der Waals surface area contributed by atoms with Crippen LogP contribution in [0.1, 0.15) is 75.6 Å². The van der Waals surface area contributed by atoms with Crippen LogP contribution in [0.4, 0.5) is 4.79 Å². The maximum Gasteiger partial charge on any atom is 0.407 e. The van der Waals surface area contributed by atoms with Crippen LogP contribution in [0.3, 0.4) is 0 Å². The molecule has 3 aliphatic heterocycles. The molecule has 4 aliphatic rings. The van der Waals surface area contributed by atoms with E-state index in [1.54, 1.807) is 0 Å². The van der Waals surface area contributed by atoms with Crippen molar-refractivity contribution in [3.63, 3.8) is 0 Å². The molecule has 1 N–H and O–H groups in total. The van der Waals surface area contributed by atoms with Gasteiger partial charge in [0.15, 0.2) is 0 Å². The van der Waals surface area contributed by atoms with Crippen LogP contribution in [-0.4, -0.2) is 52.6 Å². The molecule has 3 saturated heterocycles. The van der Waals surface area contributed by atoms with Crippen molar-refractivity contribution in [1.82, 2.24) is 20.0 Å². The summed E-state index contributed by atoms with van der Waals surface area (Å²) in [6, 6.07) is 2.87. The molecule has 1 aromatic rings. The largest absolute Gasteiger partial charge is 0.448 e. The first kappa shape index (κ1) is 18.8. The third-order valence-electron chi connectivity index (χ3n) is 6.78. The lowest BCUT2D eigenvalue weighted by Crippen LogP contribution is -2.54. The molecule has 5 rings (SSSR count). The number of nitrogens with zero attached hydrogens (tertiary/aromatic N) is 3. The molecule has 4 unspecified atom stereocenters. The molecular formula is C21H34N4O2. The van der Waals surface area contributed by atoms with Gasteiger partial charge in [0.05, 0.1) is 5.69 Å². The summed E-state index contributed by atoms with van der Waals surface area (Å²) < 4.78 is 7.61. The van der Waals surface area contributed by atoms with Crippen molar-refractivity contribution in [2.45, 2.75) is 76.3 Å². The number of piperidine rings is 3. The van der Waals surface area contributed by atoms with E-state index in [9.17, 15) is 4.79 Å². The van der Waals surface area contributed by atoms with Gasteiger partial charge in [0.1, 0.15) is 6.61 Å². The lowest BCUT2D eigenvalue weighted by atomic mass is 9.74. The quantitative estimate of drug-likeness (QED) is 0.858. The molecule has 4 atom stereocenters. The number of alkyl carbamates (subject to hydrolysis) is 1. The van der Waals surface area contributed by atoms with E-state index in [2.05, 4.69) is 28.0 Å². The minimum absolute atomic E-state index is 0.115. The van der Waals surface area contributed by atoms with Crippen molar-refractivity contribution in [2.24, 2.45) is 13.0 Å². The maximum atomic E-state index is 11.8. The first-order valence-corrected chi connectivity index (χ1v) is 10.7. The van der Waals surface area contributed by atoms with Crippen LogP contribution in [0, 0.1) is 5.92 Å². The summed E-state index contributed by atoms with van der Waals surface area (Å²) in [5.74, 6) is 1.90. The summed E-state index contributed by atoms with van der Waals surface area (Å²) in [6.07, 6.45) is 7.36. The Balaban J connectivity index is 1.38. The summed E-state index contributed by atoms with van der Waals surface area (Å²) in [4.78, 5) is 14.3. The highest BCUT2D eigenvalue weighted by atomic mass is 16.5. The Hall–Kier alpha value is -1.56. The van der Waals surface area contributed by atoms with E-state index in [0.29, 0.717) is 30.4 Å². The van der Waals surface area contributed by atoms with Gasteiger partial charge in [-0.15, -0.1) is 0 Å². The number of hydrogen-bond donors (Lipinski definition) is 1. The Morgan fingerprint density at radius 2 is 2.11 bits per heavy atom. The molecule has 6 nitrogen and oxygen atoms in total. The molecule has 0 aromatic carbocycles. The average molecular weight is 375 g/mol. The number of nitrogens with one attached hydrogen (secondary N) is 1. The fourth-order valence-electron chi connectivity index (χ4n) is 5.37. The van der Waals surface area contributed by atoms with Crippen LogP contribution in [-0.2, 0) is 11.8 Å². The molecule has 1 aromatic heterocycles. The van der Waals surface area contributed by atoms with Gasteiger partial charge < -0.3 is 10.1 Å². The minimum atomic E-state index is -0.294. The van der Waals surface area contributed by atoms with E-state index < -0.39 is 0 Å². The second kappa shape index (κ2) is 7.82. The molecule has 150 valence electrons. The van der Waals surface area contributed by atoms with Crippen LogP contribution in [0.2, 0.25) is 0 Å². The number of carbonyl (C=O) groups excluding carboxylic acids is 1. The molecule has 6 heteroatoms. The SMILES string of the molecule is CC(C)NC(=O)OCC1CC2CCN1CC2c1cc(C2CCCC2)nn1C. The van der Waals surface area contributed by atoms with Gasteiger partial charge in [-0.3, -0.25) is 9.58 Å². The summed E-state index contributed by atoms with van der Waals surface area (Å²) in [6.45, 7) is 6.58. The fourth-order valence-corrected chi connectivity index (χ4v) is 5.37. The monoisotopic (exact) mass is 374 g/mol. The number of hydrogen-bond acceptors (Lipinski definition) is 4.